The van der Waals surface area contributed by atoms with Gasteiger partial charge in [0.25, 0.3) is 0 Å². The van der Waals surface area contributed by atoms with Crippen LogP contribution in [0.15, 0.2) is 24.3 Å². The topological polar surface area (TPSA) is 69.6 Å². The Morgan fingerprint density at radius 1 is 1.47 bits per heavy atom. The highest BCUT2D eigenvalue weighted by molar-refractivity contribution is 5.89. The second-order valence-electron chi connectivity index (χ2n) is 4.35. The van der Waals surface area contributed by atoms with Gasteiger partial charge in [0, 0.05) is 12.1 Å². The number of aliphatic carboxylic acids is 1. The highest BCUT2D eigenvalue weighted by atomic mass is 16.4. The van der Waals surface area contributed by atoms with E-state index in [4.69, 9.17) is 11.5 Å². The van der Waals surface area contributed by atoms with Gasteiger partial charge < -0.3 is 15.3 Å². The van der Waals surface area contributed by atoms with E-state index in [1.54, 1.807) is 0 Å². The molecule has 1 aromatic carbocycles. The zero-order valence-electron chi connectivity index (χ0n) is 10.3. The van der Waals surface area contributed by atoms with E-state index in [-0.39, 0.29) is 19.0 Å². The lowest BCUT2D eigenvalue weighted by molar-refractivity contribution is -0.144. The van der Waals surface area contributed by atoms with Gasteiger partial charge in [0.05, 0.1) is 6.54 Å². The first kappa shape index (κ1) is 13.0. The number of nitrogens with zero attached hydrogens (tertiary/aromatic N) is 1. The number of carbonyl (C=O) groups excluding carboxylic acids is 1. The van der Waals surface area contributed by atoms with Crippen molar-refractivity contribution in [3.63, 3.8) is 0 Å². The summed E-state index contributed by atoms with van der Waals surface area (Å²) in [6.45, 7) is -0.378. The molecular weight excluding hydrogens is 244 g/mol. The molecule has 19 heavy (non-hydrogen) atoms. The van der Waals surface area contributed by atoms with Crippen molar-refractivity contribution in [3.05, 3.63) is 29.8 Å². The summed E-state index contributed by atoms with van der Waals surface area (Å²) in [6.07, 6.45) is 5.72. The molecule has 0 aromatic heterocycles. The van der Waals surface area contributed by atoms with Crippen molar-refractivity contribution in [1.29, 1.82) is 0 Å². The van der Waals surface area contributed by atoms with Crippen LogP contribution in [0.2, 0.25) is 0 Å². The highest BCUT2D eigenvalue weighted by Gasteiger charge is 2.30. The average molecular weight is 258 g/mol. The predicted octanol–water partition coefficient (Wildman–Crippen LogP) is 0.570. The minimum absolute atomic E-state index is 0.000339. The maximum atomic E-state index is 12.2. The summed E-state index contributed by atoms with van der Waals surface area (Å²) in [5.41, 5.74) is 1.97. The molecule has 0 fully saturated rings. The van der Waals surface area contributed by atoms with Crippen LogP contribution in [-0.2, 0) is 16.0 Å². The zero-order chi connectivity index (χ0) is 13.8. The van der Waals surface area contributed by atoms with Crippen LogP contribution >= 0.6 is 0 Å². The molecule has 5 nitrogen and oxygen atoms in total. The largest absolute Gasteiger partial charge is 0.480 e. The fraction of sp³-hybridized carbons (Fsp3) is 0.286. The van der Waals surface area contributed by atoms with E-state index >= 15 is 0 Å². The smallest absolute Gasteiger partial charge is 0.323 e. The van der Waals surface area contributed by atoms with Gasteiger partial charge in [0.15, 0.2) is 0 Å². The SMILES string of the molecule is C#CCN(CC(=O)O)C(=O)[C@@H]1Cc2ccccc2N1. The van der Waals surface area contributed by atoms with Crippen LogP contribution in [0.25, 0.3) is 0 Å². The maximum absolute atomic E-state index is 12.2. The summed E-state index contributed by atoms with van der Waals surface area (Å²) < 4.78 is 0. The molecule has 0 unspecified atom stereocenters. The van der Waals surface area contributed by atoms with Crippen LogP contribution in [0, 0.1) is 12.3 Å². The number of anilines is 1. The number of rotatable bonds is 4. The number of amides is 1. The van der Waals surface area contributed by atoms with Crippen molar-refractivity contribution in [3.8, 4) is 12.3 Å². The Labute approximate surface area is 111 Å². The van der Waals surface area contributed by atoms with E-state index in [1.165, 1.54) is 4.90 Å². The van der Waals surface area contributed by atoms with Gasteiger partial charge in [0.2, 0.25) is 5.91 Å². The number of carbonyl (C=O) groups is 2. The van der Waals surface area contributed by atoms with Gasteiger partial charge in [-0.15, -0.1) is 6.42 Å². The minimum Gasteiger partial charge on any atom is -0.480 e. The molecule has 0 aliphatic carbocycles. The molecule has 1 aliphatic rings. The minimum atomic E-state index is -1.07. The van der Waals surface area contributed by atoms with Crippen LogP contribution in [0.5, 0.6) is 0 Å². The summed E-state index contributed by atoms with van der Waals surface area (Å²) in [7, 11) is 0. The van der Waals surface area contributed by atoms with E-state index in [9.17, 15) is 9.59 Å². The third-order valence-electron chi connectivity index (χ3n) is 2.99. The number of carboxylic acid groups (broad SMARTS) is 1. The molecule has 1 aromatic rings. The van der Waals surface area contributed by atoms with Gasteiger partial charge >= 0.3 is 5.97 Å². The number of hydrogen-bond donors (Lipinski definition) is 2. The Bertz CT molecular complexity index is 523. The zero-order valence-corrected chi connectivity index (χ0v) is 10.3. The lowest BCUT2D eigenvalue weighted by Crippen LogP contribution is -2.44. The Balaban J connectivity index is 2.08. The molecule has 1 amide bonds. The molecule has 2 N–H and O–H groups in total. The standard InChI is InChI=1S/C14H14N2O3/c1-2-7-16(9-13(17)18)14(19)12-8-10-5-3-4-6-11(10)15-12/h1,3-6,12,15H,7-9H2,(H,17,18)/t12-/m0/s1. The van der Waals surface area contributed by atoms with Crippen molar-refractivity contribution < 1.29 is 14.7 Å². The van der Waals surface area contributed by atoms with E-state index < -0.39 is 12.0 Å². The first-order valence-electron chi connectivity index (χ1n) is 5.90. The van der Waals surface area contributed by atoms with Gasteiger partial charge in [-0.25, -0.2) is 0 Å². The summed E-state index contributed by atoms with van der Waals surface area (Å²) in [6, 6.07) is 7.19. The third kappa shape index (κ3) is 2.86. The molecule has 98 valence electrons. The molecule has 0 saturated carbocycles. The van der Waals surface area contributed by atoms with Crippen molar-refractivity contribution >= 4 is 17.6 Å². The third-order valence-corrected chi connectivity index (χ3v) is 2.99. The Morgan fingerprint density at radius 2 is 2.21 bits per heavy atom. The highest BCUT2D eigenvalue weighted by Crippen LogP contribution is 2.25. The van der Waals surface area contributed by atoms with Crippen molar-refractivity contribution in [2.75, 3.05) is 18.4 Å². The number of terminal acetylenes is 1. The van der Waals surface area contributed by atoms with E-state index in [2.05, 4.69) is 11.2 Å². The molecule has 0 spiro atoms. The number of benzene rings is 1. The second-order valence-corrected chi connectivity index (χ2v) is 4.35. The van der Waals surface area contributed by atoms with Crippen molar-refractivity contribution in [1.82, 2.24) is 4.90 Å². The van der Waals surface area contributed by atoms with Crippen LogP contribution in [0.4, 0.5) is 5.69 Å². The lowest BCUT2D eigenvalue weighted by atomic mass is 10.1. The summed E-state index contributed by atoms with van der Waals surface area (Å²) in [4.78, 5) is 24.2. The number of fused-ring (bicyclic) bond motifs is 1. The molecular formula is C14H14N2O3. The molecule has 5 heteroatoms. The van der Waals surface area contributed by atoms with Crippen LogP contribution < -0.4 is 5.32 Å². The molecule has 0 saturated heterocycles. The first-order chi connectivity index (χ1) is 9.11. The first-order valence-corrected chi connectivity index (χ1v) is 5.90. The average Bonchev–Trinajstić information content (AvgIpc) is 2.80. The van der Waals surface area contributed by atoms with Gasteiger partial charge in [-0.2, -0.15) is 0 Å². The Hall–Kier alpha value is -2.48. The van der Waals surface area contributed by atoms with Gasteiger partial charge in [-0.1, -0.05) is 24.1 Å². The van der Waals surface area contributed by atoms with E-state index in [1.807, 2.05) is 24.3 Å². The van der Waals surface area contributed by atoms with Gasteiger partial charge in [0.1, 0.15) is 12.6 Å². The Kier molecular flexibility index (Phi) is 3.71. The molecule has 1 atom stereocenters. The van der Waals surface area contributed by atoms with Crippen molar-refractivity contribution in [2.45, 2.75) is 12.5 Å². The summed E-state index contributed by atoms with van der Waals surface area (Å²) in [5.74, 6) is 0.961. The fourth-order valence-corrected chi connectivity index (χ4v) is 2.15. The molecule has 0 radical (unpaired) electrons. The molecule has 1 aliphatic heterocycles. The second kappa shape index (κ2) is 5.44. The van der Waals surface area contributed by atoms with Gasteiger partial charge in [-0.05, 0) is 11.6 Å². The van der Waals surface area contributed by atoms with Crippen LogP contribution in [-0.4, -0.2) is 41.0 Å². The maximum Gasteiger partial charge on any atom is 0.323 e. The van der Waals surface area contributed by atoms with Crippen LogP contribution in [0.3, 0.4) is 0 Å². The predicted molar refractivity (Wildman–Crippen MR) is 70.6 cm³/mol. The van der Waals surface area contributed by atoms with Gasteiger partial charge in [-0.3, -0.25) is 9.59 Å². The van der Waals surface area contributed by atoms with E-state index in [0.29, 0.717) is 6.42 Å². The van der Waals surface area contributed by atoms with E-state index in [0.717, 1.165) is 11.3 Å². The Morgan fingerprint density at radius 3 is 2.84 bits per heavy atom. The lowest BCUT2D eigenvalue weighted by Gasteiger charge is -2.22. The number of nitrogens with one attached hydrogen (secondary N) is 1. The number of para-hydroxylation sites is 1. The summed E-state index contributed by atoms with van der Waals surface area (Å²) in [5, 5.41) is 11.9. The monoisotopic (exact) mass is 258 g/mol. The van der Waals surface area contributed by atoms with Crippen molar-refractivity contribution in [2.24, 2.45) is 0 Å². The van der Waals surface area contributed by atoms with Crippen LogP contribution in [0.1, 0.15) is 5.56 Å². The fourth-order valence-electron chi connectivity index (χ4n) is 2.15. The quantitative estimate of drug-likeness (QED) is 0.775. The number of hydrogen-bond acceptors (Lipinski definition) is 3. The molecule has 2 rings (SSSR count). The number of carboxylic acids is 1. The normalized spacial score (nSPS) is 16.1. The molecule has 0 bridgehead atoms. The molecule has 1 heterocycles. The summed E-state index contributed by atoms with van der Waals surface area (Å²) >= 11 is 0.